The molecule has 0 bridgehead atoms. The van der Waals surface area contributed by atoms with Gasteiger partial charge < -0.3 is 4.84 Å². The fraction of sp³-hybridized carbons (Fsp3) is 0.100. The van der Waals surface area contributed by atoms with Crippen molar-refractivity contribution in [2.24, 2.45) is 5.16 Å². The molecule has 1 heterocycles. The SMILES string of the molecule is CC(=NOC(=O)c1ccc(C(F)(F)F)cc1)c1ccn(S(=O)(=O)c2ccccc2)c1. The minimum Gasteiger partial charge on any atom is -0.313 e. The molecule has 2 aromatic carbocycles. The Morgan fingerprint density at radius 2 is 1.60 bits per heavy atom. The molecule has 3 aromatic rings. The molecule has 0 amide bonds. The molecule has 1 aromatic heterocycles. The number of aromatic nitrogens is 1. The van der Waals surface area contributed by atoms with Crippen molar-refractivity contribution in [1.29, 1.82) is 0 Å². The Kier molecular flexibility index (Phi) is 5.79. The van der Waals surface area contributed by atoms with E-state index in [2.05, 4.69) is 5.16 Å². The van der Waals surface area contributed by atoms with Crippen LogP contribution in [0.2, 0.25) is 0 Å². The first-order chi connectivity index (χ1) is 14.1. The van der Waals surface area contributed by atoms with E-state index >= 15 is 0 Å². The molecule has 0 atom stereocenters. The molecular weight excluding hydrogens is 421 g/mol. The highest BCUT2D eigenvalue weighted by Crippen LogP contribution is 2.29. The summed E-state index contributed by atoms with van der Waals surface area (Å²) in [6.07, 6.45) is -1.87. The summed E-state index contributed by atoms with van der Waals surface area (Å²) in [5.41, 5.74) is -0.407. The Morgan fingerprint density at radius 1 is 0.967 bits per heavy atom. The van der Waals surface area contributed by atoms with Crippen LogP contribution in [0.5, 0.6) is 0 Å². The van der Waals surface area contributed by atoms with Gasteiger partial charge in [-0.1, -0.05) is 23.4 Å². The number of carbonyl (C=O) groups is 1. The van der Waals surface area contributed by atoms with Crippen LogP contribution in [-0.4, -0.2) is 24.1 Å². The lowest BCUT2D eigenvalue weighted by Gasteiger charge is -2.06. The first kappa shape index (κ1) is 21.3. The molecule has 6 nitrogen and oxygen atoms in total. The highest BCUT2D eigenvalue weighted by molar-refractivity contribution is 7.90. The largest absolute Gasteiger partial charge is 0.416 e. The fourth-order valence-corrected chi connectivity index (χ4v) is 3.68. The van der Waals surface area contributed by atoms with Crippen LogP contribution in [0, 0.1) is 0 Å². The number of carbonyl (C=O) groups excluding carboxylic acids is 1. The molecule has 0 radical (unpaired) electrons. The Morgan fingerprint density at radius 3 is 2.20 bits per heavy atom. The summed E-state index contributed by atoms with van der Waals surface area (Å²) in [4.78, 5) is 16.8. The van der Waals surface area contributed by atoms with Crippen molar-refractivity contribution in [3.05, 3.63) is 89.7 Å². The van der Waals surface area contributed by atoms with Gasteiger partial charge in [-0.05, 0) is 49.4 Å². The molecule has 30 heavy (non-hydrogen) atoms. The zero-order chi connectivity index (χ0) is 21.9. The van der Waals surface area contributed by atoms with Gasteiger partial charge in [-0.15, -0.1) is 0 Å². The van der Waals surface area contributed by atoms with Crippen LogP contribution in [0.3, 0.4) is 0 Å². The van der Waals surface area contributed by atoms with Gasteiger partial charge in [0.05, 0.1) is 21.7 Å². The lowest BCUT2D eigenvalue weighted by Crippen LogP contribution is -2.11. The van der Waals surface area contributed by atoms with Crippen molar-refractivity contribution < 1.29 is 31.2 Å². The lowest BCUT2D eigenvalue weighted by atomic mass is 10.1. The number of nitrogens with zero attached hydrogens (tertiary/aromatic N) is 2. The van der Waals surface area contributed by atoms with Gasteiger partial charge in [-0.3, -0.25) is 0 Å². The van der Waals surface area contributed by atoms with Crippen LogP contribution in [0.4, 0.5) is 13.2 Å². The number of hydrogen-bond donors (Lipinski definition) is 0. The second-order valence-electron chi connectivity index (χ2n) is 6.18. The summed E-state index contributed by atoms with van der Waals surface area (Å²) < 4.78 is 63.9. The van der Waals surface area contributed by atoms with Crippen molar-refractivity contribution in [2.45, 2.75) is 18.0 Å². The zero-order valence-electron chi connectivity index (χ0n) is 15.5. The monoisotopic (exact) mass is 436 g/mol. The number of hydrogen-bond acceptors (Lipinski definition) is 5. The Bertz CT molecular complexity index is 1180. The van der Waals surface area contributed by atoms with Gasteiger partial charge in [0, 0.05) is 18.0 Å². The summed E-state index contributed by atoms with van der Waals surface area (Å²) in [6.45, 7) is 1.49. The van der Waals surface area contributed by atoms with E-state index in [0.717, 1.165) is 28.2 Å². The van der Waals surface area contributed by atoms with Crippen LogP contribution in [0.25, 0.3) is 0 Å². The van der Waals surface area contributed by atoms with Crippen molar-refractivity contribution in [1.82, 2.24) is 3.97 Å². The average Bonchev–Trinajstić information content (AvgIpc) is 3.23. The molecular formula is C20H15F3N2O4S. The third-order valence-corrected chi connectivity index (χ3v) is 5.77. The quantitative estimate of drug-likeness (QED) is 0.339. The first-order valence-corrected chi connectivity index (χ1v) is 9.95. The molecule has 0 saturated carbocycles. The van der Waals surface area contributed by atoms with Gasteiger partial charge in [0.25, 0.3) is 10.0 Å². The van der Waals surface area contributed by atoms with Crippen LogP contribution in [-0.2, 0) is 21.0 Å². The molecule has 156 valence electrons. The van der Waals surface area contributed by atoms with Gasteiger partial charge in [-0.2, -0.15) is 13.2 Å². The second kappa shape index (κ2) is 8.15. The summed E-state index contributed by atoms with van der Waals surface area (Å²) in [6, 6.07) is 12.8. The molecule has 0 N–H and O–H groups in total. The predicted molar refractivity (Wildman–Crippen MR) is 103 cm³/mol. The van der Waals surface area contributed by atoms with E-state index in [-0.39, 0.29) is 16.2 Å². The molecule has 10 heteroatoms. The number of benzene rings is 2. The molecule has 0 aliphatic carbocycles. The van der Waals surface area contributed by atoms with Crippen LogP contribution >= 0.6 is 0 Å². The van der Waals surface area contributed by atoms with Crippen molar-refractivity contribution in [2.75, 3.05) is 0 Å². The number of rotatable bonds is 5. The van der Waals surface area contributed by atoms with Crippen LogP contribution in [0.15, 0.2) is 83.1 Å². The molecule has 0 spiro atoms. The smallest absolute Gasteiger partial charge is 0.313 e. The van der Waals surface area contributed by atoms with E-state index in [4.69, 9.17) is 4.84 Å². The number of alkyl halides is 3. The van der Waals surface area contributed by atoms with E-state index in [0.29, 0.717) is 5.56 Å². The van der Waals surface area contributed by atoms with Crippen LogP contribution in [0.1, 0.15) is 28.4 Å². The maximum atomic E-state index is 12.6. The molecule has 3 rings (SSSR count). The molecule has 0 saturated heterocycles. The first-order valence-electron chi connectivity index (χ1n) is 8.51. The summed E-state index contributed by atoms with van der Waals surface area (Å²) >= 11 is 0. The second-order valence-corrected chi connectivity index (χ2v) is 8.02. The highest BCUT2D eigenvalue weighted by atomic mass is 32.2. The van der Waals surface area contributed by atoms with Crippen molar-refractivity contribution >= 4 is 21.7 Å². The number of oxime groups is 1. The van der Waals surface area contributed by atoms with Crippen LogP contribution < -0.4 is 0 Å². The highest BCUT2D eigenvalue weighted by Gasteiger charge is 2.30. The Hall–Kier alpha value is -3.40. The van der Waals surface area contributed by atoms with Crippen molar-refractivity contribution in [3.8, 4) is 0 Å². The van der Waals surface area contributed by atoms with Gasteiger partial charge in [0.15, 0.2) is 0 Å². The normalized spacial score (nSPS) is 12.6. The van der Waals surface area contributed by atoms with Crippen molar-refractivity contribution in [3.63, 3.8) is 0 Å². The minimum absolute atomic E-state index is 0.107. The van der Waals surface area contributed by atoms with Gasteiger partial charge >= 0.3 is 12.1 Å². The third kappa shape index (κ3) is 4.60. The zero-order valence-corrected chi connectivity index (χ0v) is 16.3. The fourth-order valence-electron chi connectivity index (χ4n) is 2.47. The van der Waals surface area contributed by atoms with E-state index < -0.39 is 27.7 Å². The van der Waals surface area contributed by atoms with E-state index in [1.807, 2.05) is 0 Å². The molecule has 0 fully saturated rings. The Balaban J connectivity index is 1.73. The summed E-state index contributed by atoms with van der Waals surface area (Å²) in [7, 11) is -3.78. The van der Waals surface area contributed by atoms with E-state index in [9.17, 15) is 26.4 Å². The van der Waals surface area contributed by atoms with Gasteiger partial charge in [-0.25, -0.2) is 17.2 Å². The molecule has 0 unspecified atom stereocenters. The standard InChI is InChI=1S/C20H15F3N2O4S/c1-14(24-29-19(26)15-7-9-17(10-8-15)20(21,22)23)16-11-12-25(13-16)30(27,28)18-5-3-2-4-6-18/h2-13H,1H3. The average molecular weight is 436 g/mol. The maximum Gasteiger partial charge on any atom is 0.416 e. The predicted octanol–water partition coefficient (Wildman–Crippen LogP) is 4.32. The lowest BCUT2D eigenvalue weighted by molar-refractivity contribution is -0.137. The van der Waals surface area contributed by atoms with E-state index in [1.165, 1.54) is 37.5 Å². The molecule has 0 aliphatic heterocycles. The number of halogens is 3. The third-order valence-electron chi connectivity index (χ3n) is 4.12. The van der Waals surface area contributed by atoms with Gasteiger partial charge in [0.2, 0.25) is 0 Å². The Labute approximate surface area is 170 Å². The minimum atomic E-state index is -4.51. The topological polar surface area (TPSA) is 77.7 Å². The maximum absolute atomic E-state index is 12.6. The van der Waals surface area contributed by atoms with Gasteiger partial charge in [0.1, 0.15) is 0 Å². The van der Waals surface area contributed by atoms with E-state index in [1.54, 1.807) is 18.2 Å². The summed E-state index contributed by atoms with van der Waals surface area (Å²) in [5.74, 6) is -0.945. The summed E-state index contributed by atoms with van der Waals surface area (Å²) in [5, 5.41) is 3.65. The molecule has 0 aliphatic rings.